The largest absolute Gasteiger partial charge is 0.497 e. The molecule has 0 heterocycles. The monoisotopic (exact) mass is 486 g/mol. The van der Waals surface area contributed by atoms with E-state index < -0.39 is 11.6 Å². The zero-order valence-corrected chi connectivity index (χ0v) is 20.3. The molecular weight excluding hydrogens is 462 g/mol. The van der Waals surface area contributed by atoms with E-state index in [0.717, 1.165) is 21.5 Å². The van der Waals surface area contributed by atoms with Gasteiger partial charge in [0.05, 0.1) is 28.4 Å². The van der Waals surface area contributed by atoms with Gasteiger partial charge in [-0.1, -0.05) is 24.3 Å². The lowest BCUT2D eigenvalue weighted by molar-refractivity contribution is 0.414. The fraction of sp³-hybridized carbons (Fsp3) is 0.133. The number of halogens is 2. The highest BCUT2D eigenvalue weighted by molar-refractivity contribution is 5.94. The molecule has 0 saturated carbocycles. The van der Waals surface area contributed by atoms with Gasteiger partial charge < -0.3 is 18.9 Å². The van der Waals surface area contributed by atoms with Crippen molar-refractivity contribution in [2.75, 3.05) is 28.4 Å². The van der Waals surface area contributed by atoms with Crippen LogP contribution in [0.3, 0.4) is 0 Å². The van der Waals surface area contributed by atoms with E-state index in [-0.39, 0.29) is 11.1 Å². The van der Waals surface area contributed by atoms with Gasteiger partial charge in [0.15, 0.2) is 11.6 Å². The van der Waals surface area contributed by atoms with E-state index in [2.05, 4.69) is 0 Å². The first-order valence-electron chi connectivity index (χ1n) is 11.3. The van der Waals surface area contributed by atoms with Crippen LogP contribution >= 0.6 is 0 Å². The normalized spacial score (nSPS) is 11.1. The van der Waals surface area contributed by atoms with E-state index in [1.807, 2.05) is 36.4 Å². The smallest absolute Gasteiger partial charge is 0.167 e. The maximum absolute atomic E-state index is 15.6. The Morgan fingerprint density at radius 3 is 1.19 bits per heavy atom. The predicted octanol–water partition coefficient (Wildman–Crippen LogP) is 7.64. The van der Waals surface area contributed by atoms with Crippen LogP contribution in [-0.4, -0.2) is 28.4 Å². The molecule has 6 heteroatoms. The number of fused-ring (bicyclic) bond motifs is 2. The molecule has 0 N–H and O–H groups in total. The average Bonchev–Trinajstić information content (AvgIpc) is 2.92. The molecule has 0 bridgehead atoms. The molecule has 5 aromatic rings. The number of ether oxygens (including phenoxy) is 4. The zero-order chi connectivity index (χ0) is 25.4. The molecule has 0 unspecified atom stereocenters. The van der Waals surface area contributed by atoms with Crippen molar-refractivity contribution in [2.45, 2.75) is 0 Å². The third-order valence-electron chi connectivity index (χ3n) is 6.39. The van der Waals surface area contributed by atoms with Gasteiger partial charge in [-0.25, -0.2) is 8.78 Å². The number of methoxy groups -OCH3 is 4. The molecule has 36 heavy (non-hydrogen) atoms. The highest BCUT2D eigenvalue weighted by Crippen LogP contribution is 2.41. The van der Waals surface area contributed by atoms with Crippen LogP contribution in [0.5, 0.6) is 23.0 Å². The quantitative estimate of drug-likeness (QED) is 0.247. The van der Waals surface area contributed by atoms with Crippen molar-refractivity contribution in [1.29, 1.82) is 0 Å². The fourth-order valence-corrected chi connectivity index (χ4v) is 4.49. The van der Waals surface area contributed by atoms with Gasteiger partial charge in [-0.2, -0.15) is 0 Å². The molecule has 0 atom stereocenters. The third kappa shape index (κ3) is 3.94. The zero-order valence-electron chi connectivity index (χ0n) is 20.3. The summed E-state index contributed by atoms with van der Waals surface area (Å²) in [5.41, 5.74) is 1.12. The molecule has 0 saturated heterocycles. The summed E-state index contributed by atoms with van der Waals surface area (Å²) < 4.78 is 52.9. The van der Waals surface area contributed by atoms with Gasteiger partial charge in [-0.15, -0.1) is 0 Å². The fourth-order valence-electron chi connectivity index (χ4n) is 4.49. The number of hydrogen-bond donors (Lipinski definition) is 0. The standard InChI is InChI=1S/C30H24F2O4/c1-33-21-7-5-17-13-25(27(35-3)15-19(17)11-21)23-9-10-24(30(32)29(23)31)26-14-18-6-8-22(34-2)12-20(18)16-28(26)36-4/h5-16H,1-4H3. The van der Waals surface area contributed by atoms with Gasteiger partial charge in [0.2, 0.25) is 0 Å². The summed E-state index contributed by atoms with van der Waals surface area (Å²) in [5, 5.41) is 3.43. The van der Waals surface area contributed by atoms with Crippen LogP contribution in [0, 0.1) is 11.6 Å². The van der Waals surface area contributed by atoms with E-state index in [9.17, 15) is 0 Å². The number of benzene rings is 5. The molecular formula is C30H24F2O4. The Morgan fingerprint density at radius 1 is 0.417 bits per heavy atom. The maximum atomic E-state index is 15.6. The van der Waals surface area contributed by atoms with Crippen molar-refractivity contribution in [3.8, 4) is 45.3 Å². The highest BCUT2D eigenvalue weighted by Gasteiger charge is 2.21. The second-order valence-electron chi connectivity index (χ2n) is 8.32. The van der Waals surface area contributed by atoms with Crippen LogP contribution in [-0.2, 0) is 0 Å². The maximum Gasteiger partial charge on any atom is 0.167 e. The minimum absolute atomic E-state index is 0.107. The molecule has 0 aromatic heterocycles. The van der Waals surface area contributed by atoms with Crippen LogP contribution in [0.15, 0.2) is 72.8 Å². The molecule has 0 fully saturated rings. The Bertz CT molecular complexity index is 1490. The van der Waals surface area contributed by atoms with E-state index in [4.69, 9.17) is 18.9 Å². The van der Waals surface area contributed by atoms with Gasteiger partial charge in [0.1, 0.15) is 23.0 Å². The number of hydrogen-bond acceptors (Lipinski definition) is 4. The predicted molar refractivity (Wildman–Crippen MR) is 138 cm³/mol. The van der Waals surface area contributed by atoms with Gasteiger partial charge >= 0.3 is 0 Å². The molecule has 5 rings (SSSR count). The summed E-state index contributed by atoms with van der Waals surface area (Å²) in [6, 6.07) is 21.4. The van der Waals surface area contributed by atoms with Crippen molar-refractivity contribution >= 4 is 21.5 Å². The molecule has 0 aliphatic rings. The van der Waals surface area contributed by atoms with E-state index in [0.29, 0.717) is 34.1 Å². The summed E-state index contributed by atoms with van der Waals surface area (Å²) in [6.07, 6.45) is 0. The van der Waals surface area contributed by atoms with Gasteiger partial charge in [-0.3, -0.25) is 0 Å². The molecule has 0 amide bonds. The average molecular weight is 487 g/mol. The topological polar surface area (TPSA) is 36.9 Å². The molecule has 182 valence electrons. The molecule has 0 radical (unpaired) electrons. The van der Waals surface area contributed by atoms with E-state index in [1.54, 1.807) is 50.6 Å². The third-order valence-corrected chi connectivity index (χ3v) is 6.39. The van der Waals surface area contributed by atoms with Crippen LogP contribution < -0.4 is 18.9 Å². The second kappa shape index (κ2) is 9.38. The minimum atomic E-state index is -0.962. The van der Waals surface area contributed by atoms with Gasteiger partial charge in [0, 0.05) is 22.3 Å². The summed E-state index contributed by atoms with van der Waals surface area (Å²) in [6.45, 7) is 0. The SMILES string of the molecule is COc1ccc2cc(-c3ccc(-c4cc5ccc(OC)cc5cc4OC)c(F)c3F)c(OC)cc2c1. The van der Waals surface area contributed by atoms with Crippen molar-refractivity contribution < 1.29 is 27.7 Å². The van der Waals surface area contributed by atoms with Gasteiger partial charge in [0.25, 0.3) is 0 Å². The van der Waals surface area contributed by atoms with Crippen molar-refractivity contribution in [1.82, 2.24) is 0 Å². The van der Waals surface area contributed by atoms with Crippen LogP contribution in [0.2, 0.25) is 0 Å². The van der Waals surface area contributed by atoms with Crippen molar-refractivity contribution in [3.63, 3.8) is 0 Å². The molecule has 0 aliphatic heterocycles. The first-order chi connectivity index (χ1) is 17.5. The molecule has 0 aliphatic carbocycles. The Hall–Kier alpha value is -4.32. The van der Waals surface area contributed by atoms with Crippen LogP contribution in [0.1, 0.15) is 0 Å². The lowest BCUT2D eigenvalue weighted by Gasteiger charge is -2.16. The lowest BCUT2D eigenvalue weighted by Crippen LogP contribution is -1.98. The minimum Gasteiger partial charge on any atom is -0.497 e. The number of rotatable bonds is 6. The van der Waals surface area contributed by atoms with E-state index >= 15 is 8.78 Å². The van der Waals surface area contributed by atoms with Crippen LogP contribution in [0.25, 0.3) is 43.8 Å². The second-order valence-corrected chi connectivity index (χ2v) is 8.32. The first-order valence-corrected chi connectivity index (χ1v) is 11.3. The van der Waals surface area contributed by atoms with Crippen molar-refractivity contribution in [2.24, 2.45) is 0 Å². The summed E-state index contributed by atoms with van der Waals surface area (Å²) in [7, 11) is 6.19. The Morgan fingerprint density at radius 2 is 0.833 bits per heavy atom. The van der Waals surface area contributed by atoms with Gasteiger partial charge in [-0.05, 0) is 70.1 Å². The first kappa shape index (κ1) is 23.4. The summed E-state index contributed by atoms with van der Waals surface area (Å²) in [4.78, 5) is 0. The Balaban J connectivity index is 1.66. The molecule has 5 aromatic carbocycles. The van der Waals surface area contributed by atoms with E-state index in [1.165, 1.54) is 14.2 Å². The Kier molecular flexibility index (Phi) is 6.10. The molecule has 0 spiro atoms. The summed E-state index contributed by atoms with van der Waals surface area (Å²) in [5.74, 6) is 0.326. The highest BCUT2D eigenvalue weighted by atomic mass is 19.2. The molecule has 4 nitrogen and oxygen atoms in total. The summed E-state index contributed by atoms with van der Waals surface area (Å²) >= 11 is 0. The van der Waals surface area contributed by atoms with Crippen LogP contribution in [0.4, 0.5) is 8.78 Å². The van der Waals surface area contributed by atoms with Crippen molar-refractivity contribution in [3.05, 3.63) is 84.4 Å². The Labute approximate surface area is 207 Å². The lowest BCUT2D eigenvalue weighted by atomic mass is 9.94.